The number of hydrogen-bond donors (Lipinski definition) is 3. The fraction of sp³-hybridized carbons (Fsp3) is 0.269. The summed E-state index contributed by atoms with van der Waals surface area (Å²) in [7, 11) is 1.62. The zero-order valence-corrected chi connectivity index (χ0v) is 20.8. The Morgan fingerprint density at radius 1 is 1.03 bits per heavy atom. The topological polar surface area (TPSA) is 87.3 Å². The van der Waals surface area contributed by atoms with Crippen LogP contribution in [0.3, 0.4) is 0 Å². The highest BCUT2D eigenvalue weighted by Crippen LogP contribution is 2.35. The smallest absolute Gasteiger partial charge is 0.406 e. The monoisotopic (exact) mass is 531 g/mol. The lowest BCUT2D eigenvalue weighted by Crippen LogP contribution is -2.43. The van der Waals surface area contributed by atoms with Gasteiger partial charge >= 0.3 is 12.4 Å². The van der Waals surface area contributed by atoms with E-state index < -0.39 is 18.1 Å². The minimum Gasteiger partial charge on any atom is -0.406 e. The molecule has 12 heteroatoms. The molecule has 38 heavy (non-hydrogen) atoms. The molecule has 3 N–H and O–H groups in total. The maximum atomic E-state index is 12.4. The Morgan fingerprint density at radius 2 is 1.76 bits per heavy atom. The minimum absolute atomic E-state index is 0.157. The molecule has 0 unspecified atom stereocenters. The zero-order valence-electron chi connectivity index (χ0n) is 20.8. The van der Waals surface area contributed by atoms with Gasteiger partial charge in [-0.05, 0) is 48.4 Å². The number of carbonyl (C=O) groups is 1. The lowest BCUT2D eigenvalue weighted by Gasteiger charge is -2.29. The molecule has 0 saturated heterocycles. The summed E-state index contributed by atoms with van der Waals surface area (Å²) < 4.78 is 46.3. The van der Waals surface area contributed by atoms with Crippen molar-refractivity contribution in [2.24, 2.45) is 0 Å². The number of nitrogens with one attached hydrogen (secondary N) is 3. The SMILES string of the molecule is CCN(OCCOC)N1Cc2c(cccc2-c2ccc(NC(=O)Nc3cccc(OC(F)(F)F)c3)cc2)N1. The summed E-state index contributed by atoms with van der Waals surface area (Å²) >= 11 is 0. The first-order chi connectivity index (χ1) is 18.3. The molecule has 1 heterocycles. The van der Waals surface area contributed by atoms with Gasteiger partial charge < -0.3 is 25.5 Å². The fourth-order valence-corrected chi connectivity index (χ4v) is 3.95. The normalized spacial score (nSPS) is 13.2. The molecule has 0 bridgehead atoms. The number of hydrogen-bond acceptors (Lipinski definition) is 7. The Morgan fingerprint density at radius 3 is 2.47 bits per heavy atom. The van der Waals surface area contributed by atoms with E-state index in [1.165, 1.54) is 12.1 Å². The molecule has 9 nitrogen and oxygen atoms in total. The van der Waals surface area contributed by atoms with E-state index in [-0.39, 0.29) is 5.69 Å². The number of urea groups is 1. The number of methoxy groups -OCH3 is 1. The van der Waals surface area contributed by atoms with Crippen LogP contribution in [0.1, 0.15) is 12.5 Å². The summed E-state index contributed by atoms with van der Waals surface area (Å²) in [5, 5.41) is 8.83. The number of rotatable bonds is 10. The number of fused-ring (bicyclic) bond motifs is 1. The van der Waals surface area contributed by atoms with Crippen molar-refractivity contribution in [3.05, 3.63) is 72.3 Å². The molecule has 0 radical (unpaired) electrons. The van der Waals surface area contributed by atoms with Gasteiger partial charge in [0.15, 0.2) is 0 Å². The number of carbonyl (C=O) groups excluding carboxylic acids is 1. The molecule has 0 atom stereocenters. The fourth-order valence-electron chi connectivity index (χ4n) is 3.95. The third kappa shape index (κ3) is 7.13. The van der Waals surface area contributed by atoms with Crippen LogP contribution in [-0.4, -0.2) is 49.6 Å². The van der Waals surface area contributed by atoms with Gasteiger partial charge in [-0.2, -0.15) is 0 Å². The lowest BCUT2D eigenvalue weighted by atomic mass is 9.98. The van der Waals surface area contributed by atoms with Crippen molar-refractivity contribution in [1.82, 2.24) is 10.3 Å². The zero-order chi connectivity index (χ0) is 27.1. The first-order valence-corrected chi connectivity index (χ1v) is 11.9. The number of hydrazine groups is 2. The number of anilines is 3. The Hall–Kier alpha value is -3.84. The number of alkyl halides is 3. The van der Waals surface area contributed by atoms with Crippen LogP contribution in [0.25, 0.3) is 11.1 Å². The Bertz CT molecular complexity index is 1240. The molecule has 3 aromatic rings. The van der Waals surface area contributed by atoms with Gasteiger partial charge in [0.2, 0.25) is 0 Å². The van der Waals surface area contributed by atoms with E-state index in [1.54, 1.807) is 24.4 Å². The van der Waals surface area contributed by atoms with Crippen LogP contribution < -0.4 is 20.8 Å². The number of benzene rings is 3. The third-order valence-electron chi connectivity index (χ3n) is 5.58. The van der Waals surface area contributed by atoms with Gasteiger partial charge in [-0.3, -0.25) is 4.84 Å². The summed E-state index contributed by atoms with van der Waals surface area (Å²) in [5.41, 5.74) is 8.08. The van der Waals surface area contributed by atoms with Crippen LogP contribution in [0.5, 0.6) is 5.75 Å². The number of amides is 2. The quantitative estimate of drug-likeness (QED) is 0.223. The maximum absolute atomic E-state index is 12.4. The predicted molar refractivity (Wildman–Crippen MR) is 137 cm³/mol. The average Bonchev–Trinajstić information content (AvgIpc) is 3.30. The highest BCUT2D eigenvalue weighted by Gasteiger charge is 2.31. The van der Waals surface area contributed by atoms with E-state index in [4.69, 9.17) is 9.57 Å². The van der Waals surface area contributed by atoms with Gasteiger partial charge in [0.25, 0.3) is 0 Å². The van der Waals surface area contributed by atoms with Gasteiger partial charge in [0.05, 0.1) is 25.4 Å². The summed E-state index contributed by atoms with van der Waals surface area (Å²) in [6.45, 7) is 4.14. The molecule has 1 aliphatic rings. The highest BCUT2D eigenvalue weighted by molar-refractivity contribution is 6.00. The molecule has 1 aliphatic heterocycles. The lowest BCUT2D eigenvalue weighted by molar-refractivity contribution is -0.278. The standard InChI is InChI=1S/C26H28F3N5O4/c1-3-34(37-15-14-36-2)33-17-23-22(8-5-9-24(23)32-33)18-10-12-19(13-11-18)30-25(35)31-20-6-4-7-21(16-20)38-26(27,28)29/h4-13,16,32H,3,14-15,17H2,1-2H3,(H2,30,31,35). The molecule has 0 aromatic heterocycles. The molecule has 3 aromatic carbocycles. The van der Waals surface area contributed by atoms with Crippen molar-refractivity contribution in [2.75, 3.05) is 42.9 Å². The second kappa shape index (κ2) is 12.1. The Labute approximate surface area is 218 Å². The number of ether oxygens (including phenoxy) is 2. The minimum atomic E-state index is -4.82. The Balaban J connectivity index is 1.39. The third-order valence-corrected chi connectivity index (χ3v) is 5.58. The van der Waals surface area contributed by atoms with E-state index >= 15 is 0 Å². The number of halogens is 3. The van der Waals surface area contributed by atoms with Crippen LogP contribution in [0.4, 0.5) is 35.0 Å². The number of hydroxylamine groups is 1. The van der Waals surface area contributed by atoms with Crippen molar-refractivity contribution in [3.63, 3.8) is 0 Å². The summed E-state index contributed by atoms with van der Waals surface area (Å²) in [6.07, 6.45) is -4.82. The summed E-state index contributed by atoms with van der Waals surface area (Å²) in [6, 6.07) is 17.7. The highest BCUT2D eigenvalue weighted by atomic mass is 19.4. The molecular weight excluding hydrogens is 503 g/mol. The van der Waals surface area contributed by atoms with E-state index in [9.17, 15) is 18.0 Å². The first kappa shape index (κ1) is 27.2. The van der Waals surface area contributed by atoms with Crippen molar-refractivity contribution in [3.8, 4) is 16.9 Å². The summed E-state index contributed by atoms with van der Waals surface area (Å²) in [5.74, 6) is -0.424. The molecule has 0 fully saturated rings. The van der Waals surface area contributed by atoms with E-state index in [2.05, 4.69) is 20.8 Å². The van der Waals surface area contributed by atoms with Crippen LogP contribution in [-0.2, 0) is 16.1 Å². The number of nitrogens with zero attached hydrogens (tertiary/aromatic N) is 2. The van der Waals surface area contributed by atoms with E-state index in [0.29, 0.717) is 32.0 Å². The van der Waals surface area contributed by atoms with Crippen LogP contribution in [0.15, 0.2) is 66.7 Å². The van der Waals surface area contributed by atoms with Gasteiger partial charge in [0.1, 0.15) is 5.75 Å². The molecule has 2 amide bonds. The van der Waals surface area contributed by atoms with E-state index in [0.717, 1.165) is 34.5 Å². The molecule has 4 rings (SSSR count). The molecule has 0 saturated carbocycles. The molecule has 202 valence electrons. The van der Waals surface area contributed by atoms with Gasteiger partial charge in [-0.25, -0.2) is 4.79 Å². The molecular formula is C26H28F3N5O4. The van der Waals surface area contributed by atoms with Crippen LogP contribution >= 0.6 is 0 Å². The van der Waals surface area contributed by atoms with Crippen molar-refractivity contribution >= 4 is 23.1 Å². The molecule has 0 spiro atoms. The Kier molecular flexibility index (Phi) is 8.69. The van der Waals surface area contributed by atoms with Crippen LogP contribution in [0, 0.1) is 0 Å². The first-order valence-electron chi connectivity index (χ1n) is 11.9. The molecule has 0 aliphatic carbocycles. The largest absolute Gasteiger partial charge is 0.573 e. The second-order valence-corrected chi connectivity index (χ2v) is 8.23. The maximum Gasteiger partial charge on any atom is 0.573 e. The second-order valence-electron chi connectivity index (χ2n) is 8.23. The van der Waals surface area contributed by atoms with Gasteiger partial charge in [-0.1, -0.05) is 30.3 Å². The van der Waals surface area contributed by atoms with Crippen molar-refractivity contribution in [2.45, 2.75) is 19.8 Å². The average molecular weight is 532 g/mol. The van der Waals surface area contributed by atoms with Gasteiger partial charge in [0, 0.05) is 36.7 Å². The van der Waals surface area contributed by atoms with Gasteiger partial charge in [-0.15, -0.1) is 23.5 Å². The van der Waals surface area contributed by atoms with Crippen molar-refractivity contribution in [1.29, 1.82) is 0 Å². The predicted octanol–water partition coefficient (Wildman–Crippen LogP) is 5.85. The van der Waals surface area contributed by atoms with Crippen LogP contribution in [0.2, 0.25) is 0 Å². The summed E-state index contributed by atoms with van der Waals surface area (Å²) in [4.78, 5) is 18.2. The van der Waals surface area contributed by atoms with E-state index in [1.807, 2.05) is 42.4 Å². The van der Waals surface area contributed by atoms with Crippen molar-refractivity contribution < 1.29 is 32.3 Å².